The van der Waals surface area contributed by atoms with Gasteiger partial charge in [0, 0.05) is 24.3 Å². The molecule has 0 saturated heterocycles. The number of nitrogens with one attached hydrogen (secondary N) is 2. The minimum Gasteiger partial charge on any atom is -0.340 e. The number of benzene rings is 2. The van der Waals surface area contributed by atoms with Crippen LogP contribution < -0.4 is 10.6 Å². The Labute approximate surface area is 182 Å². The first-order valence-electron chi connectivity index (χ1n) is 10.1. The zero-order valence-corrected chi connectivity index (χ0v) is 18.9. The molecule has 2 amide bonds. The fourth-order valence-corrected chi connectivity index (χ4v) is 4.53. The Morgan fingerprint density at radius 1 is 1.03 bits per heavy atom. The summed E-state index contributed by atoms with van der Waals surface area (Å²) < 4.78 is 39.8. The van der Waals surface area contributed by atoms with E-state index in [0.29, 0.717) is 18.8 Å². The van der Waals surface area contributed by atoms with Gasteiger partial charge in [-0.2, -0.15) is 4.31 Å². The van der Waals surface area contributed by atoms with Crippen molar-refractivity contribution in [1.29, 1.82) is 0 Å². The van der Waals surface area contributed by atoms with Gasteiger partial charge >= 0.3 is 0 Å². The Balaban J connectivity index is 2.21. The normalized spacial score (nSPS) is 12.6. The zero-order valence-electron chi connectivity index (χ0n) is 18.1. The molecule has 9 heteroatoms. The van der Waals surface area contributed by atoms with Gasteiger partial charge in [0.25, 0.3) is 5.91 Å². The molecular weight excluding hydrogens is 421 g/mol. The third kappa shape index (κ3) is 6.11. The molecule has 0 aromatic heterocycles. The second kappa shape index (κ2) is 10.5. The largest absolute Gasteiger partial charge is 0.340 e. The van der Waals surface area contributed by atoms with Gasteiger partial charge in [-0.1, -0.05) is 33.8 Å². The SMILES string of the molecule is CCN(CC)S(=O)(=O)c1cccc(C(=O)NC(C(=O)Nc2ccc(F)cc2)C(C)C)c1. The predicted molar refractivity (Wildman–Crippen MR) is 118 cm³/mol. The third-order valence-corrected chi connectivity index (χ3v) is 6.83. The smallest absolute Gasteiger partial charge is 0.251 e. The molecule has 1 unspecified atom stereocenters. The van der Waals surface area contributed by atoms with E-state index in [-0.39, 0.29) is 16.4 Å². The van der Waals surface area contributed by atoms with Crippen molar-refractivity contribution in [3.63, 3.8) is 0 Å². The molecule has 0 bridgehead atoms. The molecule has 0 radical (unpaired) electrons. The van der Waals surface area contributed by atoms with Crippen LogP contribution in [-0.4, -0.2) is 43.7 Å². The van der Waals surface area contributed by atoms with Crippen LogP contribution in [-0.2, 0) is 14.8 Å². The number of nitrogens with zero attached hydrogens (tertiary/aromatic N) is 1. The molecule has 0 fully saturated rings. The summed E-state index contributed by atoms with van der Waals surface area (Å²) in [4.78, 5) is 25.5. The van der Waals surface area contributed by atoms with Crippen LogP contribution in [0.1, 0.15) is 38.1 Å². The van der Waals surface area contributed by atoms with E-state index in [1.807, 2.05) is 0 Å². The van der Waals surface area contributed by atoms with Crippen LogP contribution in [0, 0.1) is 11.7 Å². The molecule has 2 rings (SSSR count). The summed E-state index contributed by atoms with van der Waals surface area (Å²) in [7, 11) is -3.72. The lowest BCUT2D eigenvalue weighted by Crippen LogP contribution is -2.47. The molecule has 0 aliphatic rings. The van der Waals surface area contributed by atoms with Gasteiger partial charge in [0.15, 0.2) is 0 Å². The average molecular weight is 450 g/mol. The molecule has 31 heavy (non-hydrogen) atoms. The topological polar surface area (TPSA) is 95.6 Å². The third-order valence-electron chi connectivity index (χ3n) is 4.79. The van der Waals surface area contributed by atoms with Crippen LogP contribution in [0.2, 0.25) is 0 Å². The number of hydrogen-bond acceptors (Lipinski definition) is 4. The minimum atomic E-state index is -3.72. The number of rotatable bonds is 9. The van der Waals surface area contributed by atoms with Crippen LogP contribution in [0.4, 0.5) is 10.1 Å². The number of halogens is 1. The van der Waals surface area contributed by atoms with Gasteiger partial charge in [-0.15, -0.1) is 0 Å². The van der Waals surface area contributed by atoms with E-state index in [1.165, 1.54) is 52.8 Å². The number of amides is 2. The van der Waals surface area contributed by atoms with E-state index in [4.69, 9.17) is 0 Å². The summed E-state index contributed by atoms with van der Waals surface area (Å²) in [6.07, 6.45) is 0. The van der Waals surface area contributed by atoms with Crippen LogP contribution in [0.3, 0.4) is 0 Å². The molecule has 0 aliphatic carbocycles. The fourth-order valence-electron chi connectivity index (χ4n) is 3.02. The Bertz CT molecular complexity index is 1020. The first kappa shape index (κ1) is 24.5. The molecule has 2 aromatic rings. The summed E-state index contributed by atoms with van der Waals surface area (Å²) in [6, 6.07) is 10.1. The second-order valence-corrected chi connectivity index (χ2v) is 9.25. The van der Waals surface area contributed by atoms with E-state index in [1.54, 1.807) is 27.7 Å². The average Bonchev–Trinajstić information content (AvgIpc) is 2.74. The van der Waals surface area contributed by atoms with Crippen molar-refractivity contribution >= 4 is 27.5 Å². The highest BCUT2D eigenvalue weighted by molar-refractivity contribution is 7.89. The monoisotopic (exact) mass is 449 g/mol. The van der Waals surface area contributed by atoms with Gasteiger partial charge in [-0.05, 0) is 48.4 Å². The van der Waals surface area contributed by atoms with Gasteiger partial charge in [-0.25, -0.2) is 12.8 Å². The lowest BCUT2D eigenvalue weighted by molar-refractivity contribution is -0.118. The molecule has 0 spiro atoms. The summed E-state index contributed by atoms with van der Waals surface area (Å²) in [5, 5.41) is 5.32. The maximum Gasteiger partial charge on any atom is 0.251 e. The van der Waals surface area contributed by atoms with Crippen LogP contribution in [0.25, 0.3) is 0 Å². The maximum atomic E-state index is 13.1. The Hall–Kier alpha value is -2.78. The maximum absolute atomic E-state index is 13.1. The highest BCUT2D eigenvalue weighted by Crippen LogP contribution is 2.18. The minimum absolute atomic E-state index is 0.0145. The van der Waals surface area contributed by atoms with Crippen molar-refractivity contribution in [2.45, 2.75) is 38.6 Å². The lowest BCUT2D eigenvalue weighted by Gasteiger charge is -2.22. The van der Waals surface area contributed by atoms with Gasteiger partial charge in [0.1, 0.15) is 11.9 Å². The van der Waals surface area contributed by atoms with Gasteiger partial charge in [0.2, 0.25) is 15.9 Å². The van der Waals surface area contributed by atoms with Gasteiger partial charge in [-0.3, -0.25) is 9.59 Å². The molecule has 1 atom stereocenters. The quantitative estimate of drug-likeness (QED) is 0.614. The number of sulfonamides is 1. The van der Waals surface area contributed by atoms with Crippen LogP contribution >= 0.6 is 0 Å². The number of anilines is 1. The molecule has 0 aliphatic heterocycles. The number of carbonyl (C=O) groups is 2. The zero-order chi connectivity index (χ0) is 23.2. The first-order chi connectivity index (χ1) is 14.6. The fraction of sp³-hybridized carbons (Fsp3) is 0.364. The molecule has 0 heterocycles. The van der Waals surface area contributed by atoms with Crippen LogP contribution in [0.15, 0.2) is 53.4 Å². The predicted octanol–water partition coefficient (Wildman–Crippen LogP) is 3.25. The second-order valence-electron chi connectivity index (χ2n) is 7.31. The summed E-state index contributed by atoms with van der Waals surface area (Å²) in [5.41, 5.74) is 0.534. The Morgan fingerprint density at radius 2 is 1.65 bits per heavy atom. The van der Waals surface area contributed by atoms with E-state index in [0.717, 1.165) is 0 Å². The van der Waals surface area contributed by atoms with Gasteiger partial charge in [0.05, 0.1) is 4.90 Å². The molecule has 2 N–H and O–H groups in total. The van der Waals surface area contributed by atoms with Crippen molar-refractivity contribution in [1.82, 2.24) is 9.62 Å². The van der Waals surface area contributed by atoms with Crippen LogP contribution in [0.5, 0.6) is 0 Å². The van der Waals surface area contributed by atoms with Gasteiger partial charge < -0.3 is 10.6 Å². The van der Waals surface area contributed by atoms with Crippen molar-refractivity contribution < 1.29 is 22.4 Å². The Morgan fingerprint density at radius 3 is 2.19 bits per heavy atom. The van der Waals surface area contributed by atoms with Crippen molar-refractivity contribution in [2.24, 2.45) is 5.92 Å². The summed E-state index contributed by atoms with van der Waals surface area (Å²) in [6.45, 7) is 7.66. The van der Waals surface area contributed by atoms with E-state index < -0.39 is 33.7 Å². The highest BCUT2D eigenvalue weighted by atomic mass is 32.2. The molecule has 0 saturated carbocycles. The molecule has 7 nitrogen and oxygen atoms in total. The lowest BCUT2D eigenvalue weighted by atomic mass is 10.0. The first-order valence-corrected chi connectivity index (χ1v) is 11.5. The van der Waals surface area contributed by atoms with Crippen molar-refractivity contribution in [3.8, 4) is 0 Å². The molecule has 2 aromatic carbocycles. The summed E-state index contributed by atoms with van der Waals surface area (Å²) >= 11 is 0. The standard InChI is InChI=1S/C22H28FN3O4S/c1-5-26(6-2)31(29,30)19-9-7-8-16(14-19)21(27)25-20(15(3)4)22(28)24-18-12-10-17(23)11-13-18/h7-15,20H,5-6H2,1-4H3,(H,24,28)(H,25,27). The van der Waals surface area contributed by atoms with Crippen molar-refractivity contribution in [3.05, 3.63) is 59.9 Å². The van der Waals surface area contributed by atoms with E-state index in [9.17, 15) is 22.4 Å². The summed E-state index contributed by atoms with van der Waals surface area (Å²) in [5.74, 6) is -1.69. The van der Waals surface area contributed by atoms with E-state index >= 15 is 0 Å². The molecule has 168 valence electrons. The van der Waals surface area contributed by atoms with E-state index in [2.05, 4.69) is 10.6 Å². The number of hydrogen-bond donors (Lipinski definition) is 2. The highest BCUT2D eigenvalue weighted by Gasteiger charge is 2.26. The number of carbonyl (C=O) groups excluding carboxylic acids is 2. The Kier molecular flexibility index (Phi) is 8.29. The molecular formula is C22H28FN3O4S. The van der Waals surface area contributed by atoms with Crippen molar-refractivity contribution in [2.75, 3.05) is 18.4 Å².